The number of hydrogen-bond donors (Lipinski definition) is 2. The minimum atomic E-state index is -0.305. The zero-order valence-electron chi connectivity index (χ0n) is 10.9. The molecule has 0 saturated heterocycles. The van der Waals surface area contributed by atoms with Crippen LogP contribution in [0.25, 0.3) is 0 Å². The molecule has 0 aliphatic heterocycles. The molecule has 2 N–H and O–H groups in total. The molecule has 0 fully saturated rings. The smallest absolute Gasteiger partial charge is 0.211 e. The third-order valence-corrected chi connectivity index (χ3v) is 3.20. The number of aliphatic hydroxyl groups is 1. The Morgan fingerprint density at radius 3 is 2.47 bits per heavy atom. The summed E-state index contributed by atoms with van der Waals surface area (Å²) in [4.78, 5) is 11.5. The predicted molar refractivity (Wildman–Crippen MR) is 74.6 cm³/mol. The van der Waals surface area contributed by atoms with Gasteiger partial charge in [-0.25, -0.2) is 0 Å². The number of aliphatic hydroxyl groups excluding tert-OH is 1. The van der Waals surface area contributed by atoms with Crippen LogP contribution >= 0.6 is 11.8 Å². The molecule has 0 aromatic heterocycles. The van der Waals surface area contributed by atoms with E-state index in [0.29, 0.717) is 12.1 Å². The first-order chi connectivity index (χ1) is 7.87. The number of hydrogen-bond acceptors (Lipinski definition) is 3. The maximum absolute atomic E-state index is 10.6. The molecule has 0 aromatic carbocycles. The summed E-state index contributed by atoms with van der Waals surface area (Å²) in [5, 5.41) is 11.9. The summed E-state index contributed by atoms with van der Waals surface area (Å²) in [6, 6.07) is 0. The summed E-state index contributed by atoms with van der Waals surface area (Å²) in [6.07, 6.45) is 4.44. The number of rotatable bonds is 7. The van der Waals surface area contributed by atoms with Crippen molar-refractivity contribution in [2.24, 2.45) is 0 Å². The molecule has 0 atom stereocenters. The van der Waals surface area contributed by atoms with Gasteiger partial charge in [0.05, 0.1) is 12.3 Å². The molecular formula is C13H21NO2S. The van der Waals surface area contributed by atoms with Gasteiger partial charge in [0.2, 0.25) is 6.41 Å². The highest BCUT2D eigenvalue weighted by Crippen LogP contribution is 2.34. The SMILES string of the molecule is C=C(C)/C(NC=O)=C(\C=C/C)SC(C)(C)CO. The van der Waals surface area contributed by atoms with Gasteiger partial charge in [0, 0.05) is 9.65 Å². The topological polar surface area (TPSA) is 49.3 Å². The normalized spacial score (nSPS) is 13.5. The van der Waals surface area contributed by atoms with Crippen molar-refractivity contribution >= 4 is 18.2 Å². The summed E-state index contributed by atoms with van der Waals surface area (Å²) in [7, 11) is 0. The van der Waals surface area contributed by atoms with Crippen molar-refractivity contribution in [3.63, 3.8) is 0 Å². The van der Waals surface area contributed by atoms with E-state index in [0.717, 1.165) is 10.5 Å². The number of allylic oxidation sites excluding steroid dienone is 3. The molecule has 0 spiro atoms. The highest BCUT2D eigenvalue weighted by atomic mass is 32.2. The first kappa shape index (κ1) is 16.0. The van der Waals surface area contributed by atoms with Gasteiger partial charge in [-0.1, -0.05) is 18.7 Å². The van der Waals surface area contributed by atoms with Crippen LogP contribution < -0.4 is 5.32 Å². The highest BCUT2D eigenvalue weighted by molar-refractivity contribution is 8.04. The fraction of sp³-hybridized carbons (Fsp3) is 0.462. The van der Waals surface area contributed by atoms with E-state index >= 15 is 0 Å². The minimum absolute atomic E-state index is 0.0588. The molecule has 0 aromatic rings. The van der Waals surface area contributed by atoms with Crippen molar-refractivity contribution in [2.45, 2.75) is 32.4 Å². The molecule has 3 nitrogen and oxygen atoms in total. The van der Waals surface area contributed by atoms with Gasteiger partial charge in [-0.15, -0.1) is 11.8 Å². The van der Waals surface area contributed by atoms with Crippen LogP contribution in [0.2, 0.25) is 0 Å². The average molecular weight is 255 g/mol. The van der Waals surface area contributed by atoms with Gasteiger partial charge in [-0.2, -0.15) is 0 Å². The van der Waals surface area contributed by atoms with Gasteiger partial charge in [0.15, 0.2) is 0 Å². The van der Waals surface area contributed by atoms with Crippen molar-refractivity contribution in [2.75, 3.05) is 6.61 Å². The van der Waals surface area contributed by atoms with Crippen LogP contribution in [0.5, 0.6) is 0 Å². The van der Waals surface area contributed by atoms with Gasteiger partial charge in [0.1, 0.15) is 0 Å². The molecule has 0 bridgehead atoms. The standard InChI is InChI=1S/C13H21NO2S/c1-6-7-11(17-13(4,5)8-15)12(10(2)3)14-9-16/h6-7,9,15H,2,8H2,1,3-5H3,(H,14,16)/b7-6-,12-11-. The summed E-state index contributed by atoms with van der Waals surface area (Å²) >= 11 is 1.51. The molecule has 4 heteroatoms. The lowest BCUT2D eigenvalue weighted by Gasteiger charge is -2.23. The van der Waals surface area contributed by atoms with E-state index in [1.165, 1.54) is 11.8 Å². The fourth-order valence-electron chi connectivity index (χ4n) is 1.11. The number of nitrogens with one attached hydrogen (secondary N) is 1. The lowest BCUT2D eigenvalue weighted by atomic mass is 10.2. The van der Waals surface area contributed by atoms with E-state index in [4.69, 9.17) is 0 Å². The molecule has 17 heavy (non-hydrogen) atoms. The molecule has 0 saturated carbocycles. The first-order valence-corrected chi connectivity index (χ1v) is 6.22. The zero-order chi connectivity index (χ0) is 13.5. The van der Waals surface area contributed by atoms with E-state index in [-0.39, 0.29) is 11.4 Å². The summed E-state index contributed by atoms with van der Waals surface area (Å²) in [5.41, 5.74) is 1.48. The Bertz CT molecular complexity index is 343. The fourth-order valence-corrected chi connectivity index (χ4v) is 2.31. The maximum atomic E-state index is 10.6. The maximum Gasteiger partial charge on any atom is 0.211 e. The van der Waals surface area contributed by atoms with Crippen molar-refractivity contribution < 1.29 is 9.90 Å². The molecule has 0 heterocycles. The van der Waals surface area contributed by atoms with Crippen LogP contribution in [0, 0.1) is 0 Å². The Morgan fingerprint density at radius 1 is 1.53 bits per heavy atom. The van der Waals surface area contributed by atoms with Crippen LogP contribution in [0.1, 0.15) is 27.7 Å². The van der Waals surface area contributed by atoms with Gasteiger partial charge < -0.3 is 10.4 Å². The first-order valence-electron chi connectivity index (χ1n) is 5.41. The molecule has 0 unspecified atom stereocenters. The Hall–Kier alpha value is -1.00. The lowest BCUT2D eigenvalue weighted by molar-refractivity contribution is -0.108. The molecular weight excluding hydrogens is 234 g/mol. The van der Waals surface area contributed by atoms with E-state index in [1.807, 2.05) is 39.8 Å². The van der Waals surface area contributed by atoms with Crippen LogP contribution in [-0.2, 0) is 4.79 Å². The van der Waals surface area contributed by atoms with Crippen LogP contribution in [-0.4, -0.2) is 22.9 Å². The third-order valence-electron chi connectivity index (χ3n) is 1.96. The van der Waals surface area contributed by atoms with Crippen molar-refractivity contribution in [1.82, 2.24) is 5.32 Å². The van der Waals surface area contributed by atoms with Crippen LogP contribution in [0.4, 0.5) is 0 Å². The predicted octanol–water partition coefficient (Wildman–Crippen LogP) is 2.60. The van der Waals surface area contributed by atoms with Crippen molar-refractivity contribution in [3.8, 4) is 0 Å². The molecule has 0 radical (unpaired) electrons. The highest BCUT2D eigenvalue weighted by Gasteiger charge is 2.20. The van der Waals surface area contributed by atoms with Gasteiger partial charge in [0.25, 0.3) is 0 Å². The molecule has 96 valence electrons. The molecule has 0 aliphatic carbocycles. The number of carbonyl (C=O) groups excluding carboxylic acids is 1. The molecule has 0 aliphatic rings. The molecule has 0 rings (SSSR count). The summed E-state index contributed by atoms with van der Waals surface area (Å²) in [5.74, 6) is 0. The lowest BCUT2D eigenvalue weighted by Crippen LogP contribution is -2.21. The van der Waals surface area contributed by atoms with E-state index in [1.54, 1.807) is 0 Å². The Labute approximate surface area is 108 Å². The molecule has 1 amide bonds. The van der Waals surface area contributed by atoms with Crippen LogP contribution in [0.15, 0.2) is 34.9 Å². The van der Waals surface area contributed by atoms with E-state index in [2.05, 4.69) is 11.9 Å². The Kier molecular flexibility index (Phi) is 6.92. The third kappa shape index (κ3) is 5.75. The number of carbonyl (C=O) groups is 1. The van der Waals surface area contributed by atoms with Crippen molar-refractivity contribution in [3.05, 3.63) is 34.9 Å². The zero-order valence-corrected chi connectivity index (χ0v) is 11.7. The second-order valence-corrected chi connectivity index (χ2v) is 6.05. The number of amides is 1. The monoisotopic (exact) mass is 255 g/mol. The van der Waals surface area contributed by atoms with Crippen LogP contribution in [0.3, 0.4) is 0 Å². The quantitative estimate of drug-likeness (QED) is 0.543. The average Bonchev–Trinajstić information content (AvgIpc) is 2.24. The van der Waals surface area contributed by atoms with Gasteiger partial charge in [-0.3, -0.25) is 4.79 Å². The Morgan fingerprint density at radius 2 is 2.12 bits per heavy atom. The second kappa shape index (κ2) is 7.35. The van der Waals surface area contributed by atoms with Crippen molar-refractivity contribution in [1.29, 1.82) is 0 Å². The van der Waals surface area contributed by atoms with E-state index < -0.39 is 0 Å². The van der Waals surface area contributed by atoms with Gasteiger partial charge >= 0.3 is 0 Å². The summed E-state index contributed by atoms with van der Waals surface area (Å²) < 4.78 is -0.305. The Balaban J connectivity index is 5.35. The minimum Gasteiger partial charge on any atom is -0.395 e. The van der Waals surface area contributed by atoms with E-state index in [9.17, 15) is 9.90 Å². The largest absolute Gasteiger partial charge is 0.395 e. The number of thioether (sulfide) groups is 1. The second-order valence-electron chi connectivity index (χ2n) is 4.30. The van der Waals surface area contributed by atoms with Gasteiger partial charge in [-0.05, 0) is 33.3 Å². The summed E-state index contributed by atoms with van der Waals surface area (Å²) in [6.45, 7) is 11.5.